The first-order chi connectivity index (χ1) is 9.75. The molecule has 2 aliphatic rings. The fourth-order valence-electron chi connectivity index (χ4n) is 3.57. The number of hydrogen-bond acceptors (Lipinski definition) is 4. The van der Waals surface area contributed by atoms with Crippen molar-refractivity contribution in [1.82, 2.24) is 20.4 Å². The van der Waals surface area contributed by atoms with Gasteiger partial charge in [0.05, 0.1) is 24.9 Å². The Morgan fingerprint density at radius 1 is 1.29 bits per heavy atom. The highest BCUT2D eigenvalue weighted by atomic mass is 35.5. The summed E-state index contributed by atoms with van der Waals surface area (Å²) in [7, 11) is 0. The monoisotopic (exact) mass is 314 g/mol. The van der Waals surface area contributed by atoms with Crippen LogP contribution in [0.1, 0.15) is 35.8 Å². The van der Waals surface area contributed by atoms with Crippen LogP contribution in [0.5, 0.6) is 0 Å². The zero-order valence-corrected chi connectivity index (χ0v) is 13.8. The van der Waals surface area contributed by atoms with Crippen molar-refractivity contribution in [3.8, 4) is 0 Å². The number of H-pyrrole nitrogens is 1. The largest absolute Gasteiger partial charge is 0.378 e. The van der Waals surface area contributed by atoms with Crippen LogP contribution < -0.4 is 5.32 Å². The van der Waals surface area contributed by atoms with Gasteiger partial charge in [-0.1, -0.05) is 0 Å². The standard InChI is InChI=1S/C15H26N4O.ClH/c1-11-15(12(2)18-17-11)14-10-20-8-7-19(14)9-13-3-5-16-6-4-13;/h13-14,16H,3-10H2,1-2H3,(H,17,18);1H. The fraction of sp³-hybridized carbons (Fsp3) is 0.800. The van der Waals surface area contributed by atoms with Gasteiger partial charge in [-0.15, -0.1) is 12.4 Å². The number of ether oxygens (including phenoxy) is 1. The van der Waals surface area contributed by atoms with Gasteiger partial charge in [-0.25, -0.2) is 0 Å². The van der Waals surface area contributed by atoms with E-state index in [9.17, 15) is 0 Å². The molecule has 1 unspecified atom stereocenters. The van der Waals surface area contributed by atoms with Crippen molar-refractivity contribution in [2.45, 2.75) is 32.7 Å². The SMILES string of the molecule is Cc1n[nH]c(C)c1C1COCCN1CC1CCNCC1.Cl. The maximum absolute atomic E-state index is 5.74. The number of morpholine rings is 1. The Balaban J connectivity index is 0.00000161. The number of hydrogen-bond donors (Lipinski definition) is 2. The quantitative estimate of drug-likeness (QED) is 0.893. The van der Waals surface area contributed by atoms with E-state index < -0.39 is 0 Å². The van der Waals surface area contributed by atoms with Crippen LogP contribution >= 0.6 is 12.4 Å². The molecule has 120 valence electrons. The molecule has 5 nitrogen and oxygen atoms in total. The molecule has 0 bridgehead atoms. The van der Waals surface area contributed by atoms with Crippen molar-refractivity contribution in [2.75, 3.05) is 39.4 Å². The summed E-state index contributed by atoms with van der Waals surface area (Å²) >= 11 is 0. The van der Waals surface area contributed by atoms with Gasteiger partial charge in [0, 0.05) is 24.3 Å². The van der Waals surface area contributed by atoms with E-state index in [1.807, 2.05) is 0 Å². The van der Waals surface area contributed by atoms with Gasteiger partial charge in [0.15, 0.2) is 0 Å². The summed E-state index contributed by atoms with van der Waals surface area (Å²) in [6, 6.07) is 0.373. The molecular formula is C15H27ClN4O. The number of aromatic nitrogens is 2. The Morgan fingerprint density at radius 3 is 2.71 bits per heavy atom. The van der Waals surface area contributed by atoms with E-state index in [-0.39, 0.29) is 12.4 Å². The molecule has 0 amide bonds. The molecular weight excluding hydrogens is 288 g/mol. The first-order valence-electron chi connectivity index (χ1n) is 7.79. The summed E-state index contributed by atoms with van der Waals surface area (Å²) in [6.07, 6.45) is 2.60. The van der Waals surface area contributed by atoms with Crippen molar-refractivity contribution >= 4 is 12.4 Å². The fourth-order valence-corrected chi connectivity index (χ4v) is 3.57. The number of rotatable bonds is 3. The second-order valence-corrected chi connectivity index (χ2v) is 6.13. The molecule has 3 rings (SSSR count). The van der Waals surface area contributed by atoms with Crippen molar-refractivity contribution in [1.29, 1.82) is 0 Å². The van der Waals surface area contributed by atoms with Crippen LogP contribution in [0, 0.1) is 19.8 Å². The molecule has 2 N–H and O–H groups in total. The smallest absolute Gasteiger partial charge is 0.0665 e. The van der Waals surface area contributed by atoms with E-state index in [4.69, 9.17) is 4.74 Å². The predicted octanol–water partition coefficient (Wildman–Crippen LogP) is 1.82. The molecule has 2 aliphatic heterocycles. The van der Waals surface area contributed by atoms with Gasteiger partial charge in [-0.05, 0) is 45.7 Å². The first-order valence-corrected chi connectivity index (χ1v) is 7.79. The average Bonchev–Trinajstić information content (AvgIpc) is 2.80. The van der Waals surface area contributed by atoms with Gasteiger partial charge in [0.25, 0.3) is 0 Å². The molecule has 1 aromatic heterocycles. The van der Waals surface area contributed by atoms with Crippen molar-refractivity contribution in [2.24, 2.45) is 5.92 Å². The van der Waals surface area contributed by atoms with Crippen molar-refractivity contribution in [3.05, 3.63) is 17.0 Å². The number of aromatic amines is 1. The molecule has 6 heteroatoms. The second-order valence-electron chi connectivity index (χ2n) is 6.13. The van der Waals surface area contributed by atoms with Crippen LogP contribution in [0.15, 0.2) is 0 Å². The van der Waals surface area contributed by atoms with Crippen LogP contribution in [-0.2, 0) is 4.74 Å². The molecule has 0 spiro atoms. The minimum absolute atomic E-state index is 0. The maximum atomic E-state index is 5.74. The third-order valence-electron chi connectivity index (χ3n) is 4.71. The Bertz CT molecular complexity index is 425. The van der Waals surface area contributed by atoms with Crippen LogP contribution in [-0.4, -0.2) is 54.5 Å². The van der Waals surface area contributed by atoms with Crippen LogP contribution in [0.4, 0.5) is 0 Å². The maximum Gasteiger partial charge on any atom is 0.0665 e. The van der Waals surface area contributed by atoms with Gasteiger partial charge < -0.3 is 10.1 Å². The van der Waals surface area contributed by atoms with E-state index in [2.05, 4.69) is 34.3 Å². The summed E-state index contributed by atoms with van der Waals surface area (Å²) in [6.45, 7) is 10.4. The Morgan fingerprint density at radius 2 is 2.05 bits per heavy atom. The molecule has 2 saturated heterocycles. The van der Waals surface area contributed by atoms with E-state index in [1.54, 1.807) is 0 Å². The Kier molecular flexibility index (Phi) is 6.05. The molecule has 0 aliphatic carbocycles. The topological polar surface area (TPSA) is 53.2 Å². The van der Waals surface area contributed by atoms with Gasteiger partial charge in [0.2, 0.25) is 0 Å². The molecule has 0 saturated carbocycles. The minimum Gasteiger partial charge on any atom is -0.378 e. The second kappa shape index (κ2) is 7.58. The van der Waals surface area contributed by atoms with Crippen LogP contribution in [0.2, 0.25) is 0 Å². The lowest BCUT2D eigenvalue weighted by Crippen LogP contribution is -2.44. The molecule has 1 atom stereocenters. The van der Waals surface area contributed by atoms with Crippen molar-refractivity contribution in [3.63, 3.8) is 0 Å². The lowest BCUT2D eigenvalue weighted by atomic mass is 9.95. The van der Waals surface area contributed by atoms with Crippen LogP contribution in [0.3, 0.4) is 0 Å². The lowest BCUT2D eigenvalue weighted by molar-refractivity contribution is -0.0177. The van der Waals surface area contributed by atoms with E-state index in [1.165, 1.54) is 43.7 Å². The van der Waals surface area contributed by atoms with Gasteiger partial charge in [-0.3, -0.25) is 10.00 Å². The third kappa shape index (κ3) is 3.77. The van der Waals surface area contributed by atoms with Gasteiger partial charge >= 0.3 is 0 Å². The van der Waals surface area contributed by atoms with E-state index >= 15 is 0 Å². The highest BCUT2D eigenvalue weighted by Gasteiger charge is 2.30. The third-order valence-corrected chi connectivity index (χ3v) is 4.71. The number of nitrogens with zero attached hydrogens (tertiary/aromatic N) is 2. The Labute approximate surface area is 133 Å². The highest BCUT2D eigenvalue weighted by molar-refractivity contribution is 5.85. The predicted molar refractivity (Wildman–Crippen MR) is 86.0 cm³/mol. The number of nitrogens with one attached hydrogen (secondary N) is 2. The highest BCUT2D eigenvalue weighted by Crippen LogP contribution is 2.30. The summed E-state index contributed by atoms with van der Waals surface area (Å²) in [5.74, 6) is 0.823. The van der Waals surface area contributed by atoms with E-state index in [0.717, 1.165) is 31.4 Å². The zero-order chi connectivity index (χ0) is 13.9. The number of halogens is 1. The summed E-state index contributed by atoms with van der Waals surface area (Å²) in [4.78, 5) is 2.62. The molecule has 21 heavy (non-hydrogen) atoms. The molecule has 0 radical (unpaired) electrons. The van der Waals surface area contributed by atoms with Gasteiger partial charge in [0.1, 0.15) is 0 Å². The Hall–Kier alpha value is -0.620. The minimum atomic E-state index is 0. The summed E-state index contributed by atoms with van der Waals surface area (Å²) in [5, 5.41) is 10.9. The molecule has 2 fully saturated rings. The summed E-state index contributed by atoms with van der Waals surface area (Å²) in [5.41, 5.74) is 3.65. The normalized spacial score (nSPS) is 24.8. The van der Waals surface area contributed by atoms with Crippen molar-refractivity contribution < 1.29 is 4.74 Å². The lowest BCUT2D eigenvalue weighted by Gasteiger charge is -2.39. The number of aryl methyl sites for hydroxylation is 2. The summed E-state index contributed by atoms with van der Waals surface area (Å²) < 4.78 is 5.74. The van der Waals surface area contributed by atoms with Crippen LogP contribution in [0.25, 0.3) is 0 Å². The number of piperidine rings is 1. The molecule has 3 heterocycles. The van der Waals surface area contributed by atoms with E-state index in [0.29, 0.717) is 6.04 Å². The zero-order valence-electron chi connectivity index (χ0n) is 13.0. The molecule has 1 aromatic rings. The molecule has 0 aromatic carbocycles. The average molecular weight is 315 g/mol. The van der Waals surface area contributed by atoms with Gasteiger partial charge in [-0.2, -0.15) is 5.10 Å². The first kappa shape index (κ1) is 16.7.